The highest BCUT2D eigenvalue weighted by Gasteiger charge is 2.31. The minimum absolute atomic E-state index is 0.166. The highest BCUT2D eigenvalue weighted by atomic mass is 32.2. The maximum Gasteiger partial charge on any atom is 0.211 e. The Kier molecular flexibility index (Phi) is 4.55. The lowest BCUT2D eigenvalue weighted by Crippen LogP contribution is -2.41. The summed E-state index contributed by atoms with van der Waals surface area (Å²) < 4.78 is 25.4. The van der Waals surface area contributed by atoms with Crippen molar-refractivity contribution in [3.8, 4) is 0 Å². The second-order valence-electron chi connectivity index (χ2n) is 4.42. The summed E-state index contributed by atoms with van der Waals surface area (Å²) in [5.74, 6) is 0.166. The van der Waals surface area contributed by atoms with Crippen molar-refractivity contribution in [2.24, 2.45) is 0 Å². The average molecular weight is 235 g/mol. The van der Waals surface area contributed by atoms with E-state index in [1.807, 2.05) is 6.92 Å². The molecule has 0 aromatic heterocycles. The topological polar surface area (TPSA) is 66.4 Å². The predicted molar refractivity (Wildman–Crippen MR) is 60.1 cm³/mol. The number of rotatable bonds is 6. The molecule has 1 aliphatic carbocycles. The van der Waals surface area contributed by atoms with Gasteiger partial charge in [-0.3, -0.25) is 0 Å². The molecule has 0 unspecified atom stereocenters. The summed E-state index contributed by atoms with van der Waals surface area (Å²) in [6, 6.07) is 0. The standard InChI is InChI=1S/C10H21NO3S/c1-2-3-8-15(13,14)11-9-10(12)6-4-5-7-10/h11-12H,2-9H2,1H3. The average Bonchev–Trinajstić information content (AvgIpc) is 2.61. The van der Waals surface area contributed by atoms with Gasteiger partial charge in [0.05, 0.1) is 11.4 Å². The third-order valence-electron chi connectivity index (χ3n) is 2.92. The Morgan fingerprint density at radius 3 is 2.47 bits per heavy atom. The van der Waals surface area contributed by atoms with Gasteiger partial charge in [0, 0.05) is 6.54 Å². The van der Waals surface area contributed by atoms with Gasteiger partial charge in [-0.25, -0.2) is 13.1 Å². The Labute approximate surface area is 92.1 Å². The molecule has 4 nitrogen and oxygen atoms in total. The van der Waals surface area contributed by atoms with Crippen LogP contribution in [0.1, 0.15) is 45.4 Å². The number of sulfonamides is 1. The van der Waals surface area contributed by atoms with E-state index >= 15 is 0 Å². The van der Waals surface area contributed by atoms with E-state index in [-0.39, 0.29) is 12.3 Å². The first kappa shape index (κ1) is 12.9. The molecule has 90 valence electrons. The maximum atomic E-state index is 11.5. The van der Waals surface area contributed by atoms with Gasteiger partial charge in [-0.2, -0.15) is 0 Å². The molecule has 2 N–H and O–H groups in total. The van der Waals surface area contributed by atoms with Crippen molar-refractivity contribution >= 4 is 10.0 Å². The van der Waals surface area contributed by atoms with E-state index in [9.17, 15) is 13.5 Å². The van der Waals surface area contributed by atoms with Crippen LogP contribution in [0, 0.1) is 0 Å². The number of nitrogens with one attached hydrogen (secondary N) is 1. The van der Waals surface area contributed by atoms with E-state index < -0.39 is 15.6 Å². The summed E-state index contributed by atoms with van der Waals surface area (Å²) in [6.45, 7) is 2.14. The molecule has 0 amide bonds. The third kappa shape index (κ3) is 4.49. The zero-order valence-electron chi connectivity index (χ0n) is 9.33. The van der Waals surface area contributed by atoms with Gasteiger partial charge in [-0.15, -0.1) is 0 Å². The van der Waals surface area contributed by atoms with Crippen LogP contribution in [0.4, 0.5) is 0 Å². The smallest absolute Gasteiger partial charge is 0.211 e. The minimum atomic E-state index is -3.18. The van der Waals surface area contributed by atoms with Gasteiger partial charge in [-0.1, -0.05) is 26.2 Å². The van der Waals surface area contributed by atoms with Crippen LogP contribution in [-0.4, -0.2) is 31.4 Å². The van der Waals surface area contributed by atoms with Crippen LogP contribution in [0.15, 0.2) is 0 Å². The Bertz CT molecular complexity index is 281. The lowest BCUT2D eigenvalue weighted by atomic mass is 10.0. The molecule has 0 spiro atoms. The number of hydrogen-bond acceptors (Lipinski definition) is 3. The van der Waals surface area contributed by atoms with Crippen molar-refractivity contribution in [2.75, 3.05) is 12.3 Å². The second-order valence-corrected chi connectivity index (χ2v) is 6.35. The van der Waals surface area contributed by atoms with Gasteiger partial charge in [0.1, 0.15) is 0 Å². The summed E-state index contributed by atoms with van der Waals surface area (Å²) in [5.41, 5.74) is -0.792. The van der Waals surface area contributed by atoms with Crippen molar-refractivity contribution in [1.82, 2.24) is 4.72 Å². The molecule has 0 atom stereocenters. The molecule has 0 radical (unpaired) electrons. The molecule has 0 aromatic carbocycles. The van der Waals surface area contributed by atoms with Crippen LogP contribution < -0.4 is 4.72 Å². The van der Waals surface area contributed by atoms with Crippen LogP contribution in [0.25, 0.3) is 0 Å². The quantitative estimate of drug-likeness (QED) is 0.722. The first-order chi connectivity index (χ1) is 6.97. The molecule has 0 aliphatic heterocycles. The van der Waals surface area contributed by atoms with Crippen molar-refractivity contribution in [3.63, 3.8) is 0 Å². The van der Waals surface area contributed by atoms with Gasteiger partial charge in [0.25, 0.3) is 0 Å². The summed E-state index contributed by atoms with van der Waals surface area (Å²) in [7, 11) is -3.18. The molecule has 15 heavy (non-hydrogen) atoms. The molecule has 0 aromatic rings. The summed E-state index contributed by atoms with van der Waals surface area (Å²) >= 11 is 0. The minimum Gasteiger partial charge on any atom is -0.389 e. The van der Waals surface area contributed by atoms with Gasteiger partial charge in [0.15, 0.2) is 0 Å². The Morgan fingerprint density at radius 2 is 1.93 bits per heavy atom. The van der Waals surface area contributed by atoms with Crippen LogP contribution in [0.3, 0.4) is 0 Å². The molecule has 1 aliphatic rings. The fraction of sp³-hybridized carbons (Fsp3) is 1.00. The van der Waals surface area contributed by atoms with E-state index in [1.165, 1.54) is 0 Å². The first-order valence-electron chi connectivity index (χ1n) is 5.67. The molecule has 1 rings (SSSR count). The first-order valence-corrected chi connectivity index (χ1v) is 7.32. The largest absolute Gasteiger partial charge is 0.389 e. The third-order valence-corrected chi connectivity index (χ3v) is 4.33. The fourth-order valence-electron chi connectivity index (χ4n) is 1.86. The zero-order chi connectivity index (χ0) is 11.4. The molecular weight excluding hydrogens is 214 g/mol. The Hall–Kier alpha value is -0.130. The van der Waals surface area contributed by atoms with Crippen LogP contribution in [0.2, 0.25) is 0 Å². The van der Waals surface area contributed by atoms with Crippen LogP contribution in [0.5, 0.6) is 0 Å². The lowest BCUT2D eigenvalue weighted by molar-refractivity contribution is 0.0532. The van der Waals surface area contributed by atoms with Crippen molar-refractivity contribution in [3.05, 3.63) is 0 Å². The Balaban J connectivity index is 2.35. The highest BCUT2D eigenvalue weighted by molar-refractivity contribution is 7.89. The lowest BCUT2D eigenvalue weighted by Gasteiger charge is -2.22. The summed E-state index contributed by atoms with van der Waals surface area (Å²) in [5, 5.41) is 9.95. The van der Waals surface area contributed by atoms with Crippen LogP contribution in [-0.2, 0) is 10.0 Å². The van der Waals surface area contributed by atoms with Gasteiger partial charge in [-0.05, 0) is 19.3 Å². The van der Waals surface area contributed by atoms with E-state index in [0.29, 0.717) is 19.3 Å². The molecule has 0 saturated heterocycles. The molecule has 0 heterocycles. The summed E-state index contributed by atoms with van der Waals surface area (Å²) in [4.78, 5) is 0. The molecule has 1 saturated carbocycles. The number of aliphatic hydroxyl groups is 1. The second kappa shape index (κ2) is 5.27. The van der Waals surface area contributed by atoms with Crippen LogP contribution >= 0.6 is 0 Å². The van der Waals surface area contributed by atoms with E-state index in [0.717, 1.165) is 19.3 Å². The van der Waals surface area contributed by atoms with E-state index in [1.54, 1.807) is 0 Å². The fourth-order valence-corrected chi connectivity index (χ4v) is 3.16. The van der Waals surface area contributed by atoms with E-state index in [2.05, 4.69) is 4.72 Å². The zero-order valence-corrected chi connectivity index (χ0v) is 10.1. The molecular formula is C10H21NO3S. The molecule has 1 fully saturated rings. The van der Waals surface area contributed by atoms with Crippen molar-refractivity contribution < 1.29 is 13.5 Å². The number of hydrogen-bond donors (Lipinski definition) is 2. The predicted octanol–water partition coefficient (Wildman–Crippen LogP) is 1.01. The van der Waals surface area contributed by atoms with Gasteiger partial charge >= 0.3 is 0 Å². The van der Waals surface area contributed by atoms with E-state index in [4.69, 9.17) is 0 Å². The van der Waals surface area contributed by atoms with Gasteiger partial charge in [0.2, 0.25) is 10.0 Å². The summed E-state index contributed by atoms with van der Waals surface area (Å²) in [6.07, 6.45) is 4.95. The molecule has 5 heteroatoms. The van der Waals surface area contributed by atoms with Crippen molar-refractivity contribution in [1.29, 1.82) is 0 Å². The Morgan fingerprint density at radius 1 is 1.33 bits per heavy atom. The maximum absolute atomic E-state index is 11.5. The SMILES string of the molecule is CCCCS(=O)(=O)NCC1(O)CCCC1. The normalized spacial score (nSPS) is 20.7. The van der Waals surface area contributed by atoms with Crippen molar-refractivity contribution in [2.45, 2.75) is 51.0 Å². The monoisotopic (exact) mass is 235 g/mol. The van der Waals surface area contributed by atoms with Gasteiger partial charge < -0.3 is 5.11 Å². The molecule has 0 bridgehead atoms. The highest BCUT2D eigenvalue weighted by Crippen LogP contribution is 2.28. The number of unbranched alkanes of at least 4 members (excludes halogenated alkanes) is 1.